The molecule has 0 atom stereocenters. The highest BCUT2D eigenvalue weighted by molar-refractivity contribution is 5.68. The van der Waals surface area contributed by atoms with Crippen molar-refractivity contribution in [2.75, 3.05) is 0 Å². The van der Waals surface area contributed by atoms with Crippen LogP contribution in [0.2, 0.25) is 0 Å². The highest BCUT2D eigenvalue weighted by Gasteiger charge is 2.33. The zero-order chi connectivity index (χ0) is 46.3. The summed E-state index contributed by atoms with van der Waals surface area (Å²) in [4.78, 5) is 0. The van der Waals surface area contributed by atoms with Crippen molar-refractivity contribution in [2.45, 2.75) is 158 Å². The van der Waals surface area contributed by atoms with E-state index in [0.717, 1.165) is 22.5 Å². The van der Waals surface area contributed by atoms with Crippen molar-refractivity contribution in [3.63, 3.8) is 0 Å². The van der Waals surface area contributed by atoms with Gasteiger partial charge in [0.2, 0.25) is 11.4 Å². The molecule has 0 spiro atoms. The van der Waals surface area contributed by atoms with Crippen LogP contribution in [0.3, 0.4) is 0 Å². The van der Waals surface area contributed by atoms with Crippen LogP contribution >= 0.6 is 0 Å². The molecule has 0 aliphatic heterocycles. The van der Waals surface area contributed by atoms with Crippen LogP contribution in [0.1, 0.15) is 203 Å². The molecule has 64 heavy (non-hydrogen) atoms. The monoisotopic (exact) mass is 855 g/mol. The Kier molecular flexibility index (Phi) is 13.7. The molecule has 0 unspecified atom stereocenters. The lowest BCUT2D eigenvalue weighted by Crippen LogP contribution is -2.39. The second-order valence-corrected chi connectivity index (χ2v) is 20.5. The average molecular weight is 855 g/mol. The topological polar surface area (TPSA) is 43.4 Å². The Morgan fingerprint density at radius 1 is 0.328 bits per heavy atom. The number of para-hydroxylation sites is 4. The van der Waals surface area contributed by atoms with E-state index in [9.17, 15) is 0 Å². The second-order valence-electron chi connectivity index (χ2n) is 20.5. The van der Waals surface area contributed by atoms with Gasteiger partial charge < -0.3 is 0 Å². The van der Waals surface area contributed by atoms with Gasteiger partial charge in [-0.3, -0.25) is 0 Å². The van der Waals surface area contributed by atoms with E-state index in [4.69, 9.17) is 10.4 Å². The third-order valence-corrected chi connectivity index (χ3v) is 13.0. The summed E-state index contributed by atoms with van der Waals surface area (Å²) in [6.45, 7) is 36.7. The molecule has 0 aliphatic carbocycles. The van der Waals surface area contributed by atoms with Crippen molar-refractivity contribution in [3.05, 3.63) is 154 Å². The van der Waals surface area contributed by atoms with E-state index in [-0.39, 0.29) is 0 Å². The van der Waals surface area contributed by atoms with E-state index in [1.807, 2.05) is 0 Å². The molecule has 7 aromatic rings. The first kappa shape index (κ1) is 46.4. The van der Waals surface area contributed by atoms with Gasteiger partial charge in [0.05, 0.1) is 0 Å². The number of benzene rings is 5. The van der Waals surface area contributed by atoms with Gasteiger partial charge in [0.15, 0.2) is 35.1 Å². The lowest BCUT2D eigenvalue weighted by molar-refractivity contribution is -0.651. The molecule has 334 valence electrons. The summed E-state index contributed by atoms with van der Waals surface area (Å²) in [5.41, 5.74) is 19.3. The van der Waals surface area contributed by atoms with Crippen LogP contribution in [0, 0.1) is 0 Å². The van der Waals surface area contributed by atoms with E-state index in [1.54, 1.807) is 0 Å². The molecule has 2 heterocycles. The fourth-order valence-electron chi connectivity index (χ4n) is 9.53. The summed E-state index contributed by atoms with van der Waals surface area (Å²) in [6.07, 6.45) is 4.56. The molecule has 0 saturated heterocycles. The fraction of sp³-hybridized carbons (Fsp3) is 0.414. The first-order valence-corrected chi connectivity index (χ1v) is 24.1. The van der Waals surface area contributed by atoms with Gasteiger partial charge in [-0.15, -0.1) is 9.36 Å². The second kappa shape index (κ2) is 18.8. The third-order valence-electron chi connectivity index (χ3n) is 13.0. The number of aromatic nitrogens is 6. The van der Waals surface area contributed by atoms with E-state index in [1.165, 1.54) is 67.3 Å². The SMILES string of the molecule is CC(C)c1cccc(C(C)C)c1-n1cc(-c2cccc(-c3cn(-c4c(C(C)C)cccc4C(C)C)n[n+]3-c3c(C(C)C)cccc3C(C)C)c2)[n+](-c2c(C(C)C)cccc2C(C)C)n1. The van der Waals surface area contributed by atoms with Crippen molar-refractivity contribution in [2.24, 2.45) is 0 Å². The molecule has 6 nitrogen and oxygen atoms in total. The first-order valence-electron chi connectivity index (χ1n) is 24.1. The number of hydrogen-bond donors (Lipinski definition) is 0. The van der Waals surface area contributed by atoms with Crippen LogP contribution in [-0.2, 0) is 0 Å². The van der Waals surface area contributed by atoms with Crippen LogP contribution in [0.25, 0.3) is 45.3 Å². The van der Waals surface area contributed by atoms with Gasteiger partial charge in [-0.2, -0.15) is 0 Å². The van der Waals surface area contributed by atoms with E-state index < -0.39 is 0 Å². The van der Waals surface area contributed by atoms with Gasteiger partial charge in [-0.1, -0.05) is 211 Å². The van der Waals surface area contributed by atoms with Gasteiger partial charge in [-0.25, -0.2) is 0 Å². The molecular weight excluding hydrogens is 781 g/mol. The summed E-state index contributed by atoms with van der Waals surface area (Å²) >= 11 is 0. The first-order chi connectivity index (χ1) is 30.4. The normalized spacial score (nSPS) is 12.2. The zero-order valence-electron chi connectivity index (χ0n) is 41.7. The Bertz CT molecular complexity index is 2460. The molecule has 0 N–H and O–H groups in total. The standard InChI is InChI=1S/C58H74N6/c1-35(2)45-24-18-25-46(36(3)4)55(45)61-33-53(63(59-61)57-49(39(9)10)28-20-29-50(57)40(11)12)43-22-17-23-44(32-43)54-34-62(56-47(37(5)6)26-19-27-48(56)38(7)8)60-64(54)58-51(41(13)14)30-21-31-52(58)42(15)16/h17-42H,1-16H3/q+2. The molecule has 2 aromatic heterocycles. The number of rotatable bonds is 14. The summed E-state index contributed by atoms with van der Waals surface area (Å²) < 4.78 is 8.86. The highest BCUT2D eigenvalue weighted by atomic mass is 15.5. The molecule has 0 saturated carbocycles. The lowest BCUT2D eigenvalue weighted by atomic mass is 9.92. The van der Waals surface area contributed by atoms with Crippen LogP contribution < -0.4 is 9.36 Å². The highest BCUT2D eigenvalue weighted by Crippen LogP contribution is 2.37. The molecule has 0 amide bonds. The Hall–Kier alpha value is -5.62. The minimum absolute atomic E-state index is 0.296. The minimum atomic E-state index is 0.296. The predicted octanol–water partition coefficient (Wildman–Crippen LogP) is 14.9. The quantitative estimate of drug-likeness (QED) is 0.102. The molecule has 0 bridgehead atoms. The van der Waals surface area contributed by atoms with Gasteiger partial charge in [0, 0.05) is 55.6 Å². The molecular formula is C58H74N6+2. The molecule has 0 aliphatic rings. The van der Waals surface area contributed by atoms with Crippen LogP contribution in [-0.4, -0.2) is 19.8 Å². The van der Waals surface area contributed by atoms with Crippen molar-refractivity contribution in [1.82, 2.24) is 19.8 Å². The van der Waals surface area contributed by atoms with Crippen molar-refractivity contribution >= 4 is 0 Å². The Balaban J connectivity index is 1.58. The van der Waals surface area contributed by atoms with E-state index >= 15 is 0 Å². The largest absolute Gasteiger partial charge is 0.205 e. The molecule has 0 radical (unpaired) electrons. The maximum absolute atomic E-state index is 5.64. The molecule has 6 heteroatoms. The number of nitrogens with zero attached hydrogens (tertiary/aromatic N) is 6. The van der Waals surface area contributed by atoms with Crippen molar-refractivity contribution in [3.8, 4) is 45.3 Å². The molecule has 5 aromatic carbocycles. The molecule has 0 fully saturated rings. The summed E-state index contributed by atoms with van der Waals surface area (Å²) in [5, 5.41) is 11.3. The average Bonchev–Trinajstić information content (AvgIpc) is 3.91. The lowest BCUT2D eigenvalue weighted by Gasteiger charge is -2.17. The van der Waals surface area contributed by atoms with Crippen LogP contribution in [0.4, 0.5) is 0 Å². The Morgan fingerprint density at radius 3 is 0.812 bits per heavy atom. The maximum atomic E-state index is 5.64. The van der Waals surface area contributed by atoms with Gasteiger partial charge >= 0.3 is 0 Å². The van der Waals surface area contributed by atoms with Crippen molar-refractivity contribution in [1.29, 1.82) is 0 Å². The molecule has 7 rings (SSSR count). The van der Waals surface area contributed by atoms with E-state index in [0.29, 0.717) is 47.3 Å². The van der Waals surface area contributed by atoms with Crippen LogP contribution in [0.15, 0.2) is 109 Å². The van der Waals surface area contributed by atoms with Gasteiger partial charge in [-0.05, 0) is 53.4 Å². The van der Waals surface area contributed by atoms with Crippen molar-refractivity contribution < 1.29 is 9.36 Å². The Labute approximate surface area is 385 Å². The third kappa shape index (κ3) is 8.77. The zero-order valence-corrected chi connectivity index (χ0v) is 41.7. The predicted molar refractivity (Wildman–Crippen MR) is 267 cm³/mol. The Morgan fingerprint density at radius 2 is 0.562 bits per heavy atom. The number of hydrogen-bond acceptors (Lipinski definition) is 2. The summed E-state index contributed by atoms with van der Waals surface area (Å²) in [7, 11) is 0. The summed E-state index contributed by atoms with van der Waals surface area (Å²) in [5.74, 6) is 2.47. The van der Waals surface area contributed by atoms with Gasteiger partial charge in [0.1, 0.15) is 10.4 Å². The smallest absolute Gasteiger partial charge is 0.101 e. The van der Waals surface area contributed by atoms with E-state index in [2.05, 4.69) is 239 Å². The fourth-order valence-corrected chi connectivity index (χ4v) is 9.53. The summed E-state index contributed by atoms with van der Waals surface area (Å²) in [6, 6.07) is 36.2. The maximum Gasteiger partial charge on any atom is 0.205 e. The van der Waals surface area contributed by atoms with Crippen LogP contribution in [0.5, 0.6) is 0 Å². The minimum Gasteiger partial charge on any atom is -0.101 e. The van der Waals surface area contributed by atoms with Gasteiger partial charge in [0.25, 0.3) is 0 Å².